The van der Waals surface area contributed by atoms with Crippen LogP contribution in [-0.2, 0) is 29.5 Å². The van der Waals surface area contributed by atoms with Gasteiger partial charge < -0.3 is 14.4 Å². The fraction of sp³-hybridized carbons (Fsp3) is 0.214. The number of rotatable bonds is 11. The van der Waals surface area contributed by atoms with Crippen molar-refractivity contribution in [2.24, 2.45) is 5.92 Å². The van der Waals surface area contributed by atoms with Gasteiger partial charge in [-0.2, -0.15) is 0 Å². The molecule has 0 heterocycles. The van der Waals surface area contributed by atoms with Gasteiger partial charge in [0.25, 0.3) is 0 Å². The zero-order valence-electron chi connectivity index (χ0n) is 27.8. The van der Waals surface area contributed by atoms with E-state index < -0.39 is 23.5 Å². The molecule has 6 nitrogen and oxygen atoms in total. The van der Waals surface area contributed by atoms with Crippen LogP contribution in [0.15, 0.2) is 127 Å². The van der Waals surface area contributed by atoms with Crippen LogP contribution in [0.2, 0.25) is 5.02 Å². The van der Waals surface area contributed by atoms with Crippen molar-refractivity contribution in [1.29, 1.82) is 0 Å². The van der Waals surface area contributed by atoms with Gasteiger partial charge in [-0.05, 0) is 35.2 Å². The molecule has 7 heteroatoms. The summed E-state index contributed by atoms with van der Waals surface area (Å²) in [6.45, 7) is 2.10. The van der Waals surface area contributed by atoms with Crippen LogP contribution in [0.1, 0.15) is 52.1 Å². The minimum atomic E-state index is -1.43. The molecule has 2 atom stereocenters. The summed E-state index contributed by atoms with van der Waals surface area (Å²) in [5.74, 6) is -2.72. The molecule has 0 aromatic heterocycles. The molecular formula is C42H38ClNO5. The summed E-state index contributed by atoms with van der Waals surface area (Å²) in [6, 6.07) is 40.6. The van der Waals surface area contributed by atoms with Crippen molar-refractivity contribution in [3.63, 3.8) is 0 Å². The molecule has 0 aliphatic heterocycles. The first-order chi connectivity index (χ1) is 23.7. The molecule has 0 radical (unpaired) electrons. The van der Waals surface area contributed by atoms with Crippen LogP contribution in [0.25, 0.3) is 11.1 Å². The second-order valence-electron chi connectivity index (χ2n) is 12.6. The van der Waals surface area contributed by atoms with Gasteiger partial charge in [0.2, 0.25) is 5.91 Å². The lowest BCUT2D eigenvalue weighted by atomic mass is 9.79. The fourth-order valence-corrected chi connectivity index (χ4v) is 7.03. The molecule has 0 bridgehead atoms. The molecular weight excluding hydrogens is 634 g/mol. The largest absolute Gasteiger partial charge is 0.465 e. The summed E-state index contributed by atoms with van der Waals surface area (Å²) in [6.07, 6.45) is -0.622. The molecule has 1 aliphatic carbocycles. The van der Waals surface area contributed by atoms with Crippen molar-refractivity contribution in [2.75, 3.05) is 20.7 Å². The fourth-order valence-electron chi connectivity index (χ4n) is 6.76. The summed E-state index contributed by atoms with van der Waals surface area (Å²) in [5.41, 5.74) is 5.99. The monoisotopic (exact) mass is 671 g/mol. The molecule has 5 aromatic rings. The molecule has 0 N–H and O–H groups in total. The summed E-state index contributed by atoms with van der Waals surface area (Å²) in [7, 11) is 3.20. The Kier molecular flexibility index (Phi) is 9.97. The van der Waals surface area contributed by atoms with Crippen molar-refractivity contribution in [2.45, 2.75) is 31.3 Å². The summed E-state index contributed by atoms with van der Waals surface area (Å²) < 4.78 is 12.4. The number of carbonyl (C=O) groups excluding carboxylic acids is 3. The van der Waals surface area contributed by atoms with Gasteiger partial charge in [0.15, 0.2) is 5.60 Å². The molecule has 5 aromatic carbocycles. The molecule has 1 aliphatic rings. The summed E-state index contributed by atoms with van der Waals surface area (Å²) in [4.78, 5) is 42.4. The smallest absolute Gasteiger partial charge is 0.308 e. The first kappa shape index (κ1) is 33.7. The maximum absolute atomic E-state index is 14.1. The van der Waals surface area contributed by atoms with Crippen molar-refractivity contribution in [1.82, 2.24) is 4.90 Å². The maximum atomic E-state index is 14.1. The van der Waals surface area contributed by atoms with Gasteiger partial charge in [0.1, 0.15) is 6.61 Å². The van der Waals surface area contributed by atoms with E-state index in [9.17, 15) is 14.4 Å². The molecule has 248 valence electrons. The standard InChI is InChI=1S/C42H38ClNO5/c1-28-21-23-31(24-22-28)42(30-13-5-4-6-14-30,37-19-11-12-20-38(37)43)49-40(46)26-29(41(47)44(2)3)25-39(45)48-27-36-34-17-9-7-15-32(34)33-16-8-10-18-35(33)36/h4-24,29,36H,25-27H2,1-3H3/t29-,42?/m0/s1. The molecule has 0 fully saturated rings. The van der Waals surface area contributed by atoms with E-state index in [1.165, 1.54) is 4.90 Å². The first-order valence-electron chi connectivity index (χ1n) is 16.3. The van der Waals surface area contributed by atoms with Crippen LogP contribution in [0, 0.1) is 12.8 Å². The molecule has 0 saturated heterocycles. The zero-order valence-corrected chi connectivity index (χ0v) is 28.5. The highest BCUT2D eigenvalue weighted by atomic mass is 35.5. The Hall–Kier alpha value is -5.20. The molecule has 1 unspecified atom stereocenters. The summed E-state index contributed by atoms with van der Waals surface area (Å²) >= 11 is 6.83. The minimum absolute atomic E-state index is 0.122. The molecule has 1 amide bonds. The Morgan fingerprint density at radius 3 is 1.84 bits per heavy atom. The molecule has 6 rings (SSSR count). The van der Waals surface area contributed by atoms with E-state index >= 15 is 0 Å². The SMILES string of the molecule is Cc1ccc(C(OC(=O)C[C@H](CC(=O)OCC2c3ccccc3-c3ccccc32)C(=O)N(C)C)(c2ccccc2)c2ccccc2Cl)cc1. The van der Waals surface area contributed by atoms with E-state index in [2.05, 4.69) is 12.1 Å². The number of esters is 2. The maximum Gasteiger partial charge on any atom is 0.308 e. The predicted molar refractivity (Wildman–Crippen MR) is 191 cm³/mol. The average molecular weight is 672 g/mol. The number of amides is 1. The van der Waals surface area contributed by atoms with Crippen molar-refractivity contribution in [3.05, 3.63) is 166 Å². The Morgan fingerprint density at radius 2 is 1.22 bits per heavy atom. The number of fused-ring (bicyclic) bond motifs is 3. The van der Waals surface area contributed by atoms with Gasteiger partial charge in [-0.3, -0.25) is 14.4 Å². The average Bonchev–Trinajstić information content (AvgIpc) is 3.43. The summed E-state index contributed by atoms with van der Waals surface area (Å²) in [5, 5.41) is 0.416. The molecule has 49 heavy (non-hydrogen) atoms. The van der Waals surface area contributed by atoms with E-state index in [0.717, 1.165) is 27.8 Å². The van der Waals surface area contributed by atoms with E-state index in [4.69, 9.17) is 21.1 Å². The van der Waals surface area contributed by atoms with E-state index in [0.29, 0.717) is 21.7 Å². The minimum Gasteiger partial charge on any atom is -0.465 e. The highest BCUT2D eigenvalue weighted by Crippen LogP contribution is 2.45. The van der Waals surface area contributed by atoms with Crippen LogP contribution < -0.4 is 0 Å². The second-order valence-corrected chi connectivity index (χ2v) is 13.0. The third kappa shape index (κ3) is 6.87. The molecule has 0 spiro atoms. The third-order valence-electron chi connectivity index (χ3n) is 9.15. The van der Waals surface area contributed by atoms with E-state index in [-0.39, 0.29) is 31.3 Å². The number of halogens is 1. The number of hydrogen-bond acceptors (Lipinski definition) is 5. The van der Waals surface area contributed by atoms with Crippen LogP contribution in [0.3, 0.4) is 0 Å². The van der Waals surface area contributed by atoms with Gasteiger partial charge in [0.05, 0.1) is 18.8 Å². The number of benzene rings is 5. The van der Waals surface area contributed by atoms with Gasteiger partial charge in [0, 0.05) is 41.7 Å². The quantitative estimate of drug-likeness (QED) is 0.104. The highest BCUT2D eigenvalue weighted by molar-refractivity contribution is 6.31. The van der Waals surface area contributed by atoms with Crippen molar-refractivity contribution < 1.29 is 23.9 Å². The van der Waals surface area contributed by atoms with Crippen LogP contribution >= 0.6 is 11.6 Å². The number of aryl methyl sites for hydroxylation is 1. The van der Waals surface area contributed by atoms with Gasteiger partial charge in [-0.1, -0.05) is 138 Å². The number of carbonyl (C=O) groups is 3. The lowest BCUT2D eigenvalue weighted by Crippen LogP contribution is -2.38. The Balaban J connectivity index is 1.27. The number of ether oxygens (including phenoxy) is 2. The first-order valence-corrected chi connectivity index (χ1v) is 16.7. The Labute approximate surface area is 292 Å². The van der Waals surface area contributed by atoms with E-state index in [1.807, 2.05) is 116 Å². The Morgan fingerprint density at radius 1 is 0.694 bits per heavy atom. The predicted octanol–water partition coefficient (Wildman–Crippen LogP) is 8.32. The zero-order chi connectivity index (χ0) is 34.5. The van der Waals surface area contributed by atoms with Gasteiger partial charge in [-0.25, -0.2) is 0 Å². The van der Waals surface area contributed by atoms with Crippen molar-refractivity contribution in [3.8, 4) is 11.1 Å². The van der Waals surface area contributed by atoms with Crippen LogP contribution in [0.5, 0.6) is 0 Å². The lowest BCUT2D eigenvalue weighted by Gasteiger charge is -2.36. The third-order valence-corrected chi connectivity index (χ3v) is 9.48. The van der Waals surface area contributed by atoms with Crippen LogP contribution in [-0.4, -0.2) is 43.4 Å². The molecule has 0 saturated carbocycles. The topological polar surface area (TPSA) is 72.9 Å². The number of hydrogen-bond donors (Lipinski definition) is 0. The number of nitrogens with zero attached hydrogens (tertiary/aromatic N) is 1. The van der Waals surface area contributed by atoms with Gasteiger partial charge in [-0.15, -0.1) is 0 Å². The Bertz CT molecular complexity index is 1930. The highest BCUT2D eigenvalue weighted by Gasteiger charge is 2.43. The lowest BCUT2D eigenvalue weighted by molar-refractivity contribution is -0.158. The van der Waals surface area contributed by atoms with E-state index in [1.54, 1.807) is 20.2 Å². The van der Waals surface area contributed by atoms with Crippen molar-refractivity contribution >= 4 is 29.4 Å². The van der Waals surface area contributed by atoms with Crippen LogP contribution in [0.4, 0.5) is 0 Å². The normalized spacial score (nSPS) is 13.8. The second kappa shape index (κ2) is 14.5. The van der Waals surface area contributed by atoms with Gasteiger partial charge >= 0.3 is 11.9 Å².